The number of ether oxygens (including phenoxy) is 1. The van der Waals surface area contributed by atoms with E-state index in [1.807, 2.05) is 19.1 Å². The van der Waals surface area contributed by atoms with Crippen LogP contribution in [-0.4, -0.2) is 26.7 Å². The largest absolute Gasteiger partial charge is 0.494 e. The molecule has 0 atom stereocenters. The van der Waals surface area contributed by atoms with E-state index in [4.69, 9.17) is 22.1 Å². The topological polar surface area (TPSA) is 38.5 Å². The quantitative estimate of drug-likeness (QED) is 0.913. The molecule has 1 aromatic carbocycles. The molecule has 1 aliphatic carbocycles. The summed E-state index contributed by atoms with van der Waals surface area (Å²) in [5, 5.41) is 0.750. The molecular formula is C14H21ClN2O. The first-order valence-corrected chi connectivity index (χ1v) is 6.70. The van der Waals surface area contributed by atoms with Gasteiger partial charge in [0.2, 0.25) is 0 Å². The average molecular weight is 269 g/mol. The molecule has 1 aliphatic rings. The van der Waals surface area contributed by atoms with E-state index < -0.39 is 0 Å². The van der Waals surface area contributed by atoms with Crippen LogP contribution in [0.5, 0.6) is 5.75 Å². The Morgan fingerprint density at radius 1 is 1.44 bits per heavy atom. The fourth-order valence-corrected chi connectivity index (χ4v) is 2.95. The first kappa shape index (κ1) is 13.5. The molecular weight excluding hydrogens is 248 g/mol. The summed E-state index contributed by atoms with van der Waals surface area (Å²) in [7, 11) is 3.78. The van der Waals surface area contributed by atoms with E-state index in [9.17, 15) is 0 Å². The molecule has 1 aromatic rings. The highest BCUT2D eigenvalue weighted by atomic mass is 35.5. The zero-order chi connectivity index (χ0) is 13.3. The Kier molecular flexibility index (Phi) is 4.03. The summed E-state index contributed by atoms with van der Waals surface area (Å²) in [6, 6.07) is 4.29. The molecule has 0 bridgehead atoms. The fourth-order valence-electron chi connectivity index (χ4n) is 2.68. The van der Waals surface area contributed by atoms with Crippen LogP contribution in [0, 0.1) is 12.8 Å². The lowest BCUT2D eigenvalue weighted by Crippen LogP contribution is -2.42. The van der Waals surface area contributed by atoms with Gasteiger partial charge in [-0.15, -0.1) is 0 Å². The Morgan fingerprint density at radius 2 is 2.11 bits per heavy atom. The van der Waals surface area contributed by atoms with Crippen molar-refractivity contribution >= 4 is 17.3 Å². The third-order valence-corrected chi connectivity index (χ3v) is 3.86. The Balaban J connectivity index is 2.15. The van der Waals surface area contributed by atoms with Gasteiger partial charge in [-0.05, 0) is 43.4 Å². The second-order valence-electron chi connectivity index (χ2n) is 5.25. The number of aryl methyl sites for hydroxylation is 1. The van der Waals surface area contributed by atoms with Crippen molar-refractivity contribution in [1.82, 2.24) is 0 Å². The van der Waals surface area contributed by atoms with Crippen LogP contribution < -0.4 is 15.4 Å². The third-order valence-electron chi connectivity index (χ3n) is 3.64. The molecule has 0 heterocycles. The van der Waals surface area contributed by atoms with Gasteiger partial charge in [-0.3, -0.25) is 0 Å². The summed E-state index contributed by atoms with van der Waals surface area (Å²) in [6.07, 6.45) is 2.23. The van der Waals surface area contributed by atoms with Crippen LogP contribution in [0.15, 0.2) is 12.1 Å². The highest BCUT2D eigenvalue weighted by Gasteiger charge is 2.27. The number of methoxy groups -OCH3 is 1. The van der Waals surface area contributed by atoms with Crippen molar-refractivity contribution < 1.29 is 4.74 Å². The second kappa shape index (κ2) is 5.37. The van der Waals surface area contributed by atoms with Gasteiger partial charge in [0.25, 0.3) is 0 Å². The van der Waals surface area contributed by atoms with Gasteiger partial charge in [0.05, 0.1) is 12.8 Å². The summed E-state index contributed by atoms with van der Waals surface area (Å²) in [5.74, 6) is 1.60. The first-order chi connectivity index (χ1) is 8.51. The lowest BCUT2D eigenvalue weighted by Gasteiger charge is -2.36. The van der Waals surface area contributed by atoms with Crippen molar-refractivity contribution in [2.45, 2.75) is 25.8 Å². The zero-order valence-electron chi connectivity index (χ0n) is 11.2. The predicted octanol–water partition coefficient (Wildman–Crippen LogP) is 2.83. The maximum atomic E-state index is 6.13. The number of hydrogen-bond acceptors (Lipinski definition) is 3. The van der Waals surface area contributed by atoms with Gasteiger partial charge in [-0.25, -0.2) is 0 Å². The number of anilines is 1. The van der Waals surface area contributed by atoms with Gasteiger partial charge < -0.3 is 15.4 Å². The minimum Gasteiger partial charge on any atom is -0.494 e. The molecule has 0 aromatic heterocycles. The van der Waals surface area contributed by atoms with Crippen molar-refractivity contribution in [3.63, 3.8) is 0 Å². The maximum Gasteiger partial charge on any atom is 0.145 e. The Labute approximate surface area is 114 Å². The van der Waals surface area contributed by atoms with Crippen LogP contribution in [-0.2, 0) is 0 Å². The van der Waals surface area contributed by atoms with Crippen LogP contribution >= 0.6 is 11.6 Å². The lowest BCUT2D eigenvalue weighted by atomic mass is 9.80. The molecule has 100 valence electrons. The summed E-state index contributed by atoms with van der Waals surface area (Å²) >= 11 is 6.13. The van der Waals surface area contributed by atoms with Crippen molar-refractivity contribution in [2.24, 2.45) is 11.7 Å². The monoisotopic (exact) mass is 268 g/mol. The van der Waals surface area contributed by atoms with Crippen LogP contribution in [0.1, 0.15) is 18.4 Å². The van der Waals surface area contributed by atoms with Crippen molar-refractivity contribution in [1.29, 1.82) is 0 Å². The minimum absolute atomic E-state index is 0.395. The molecule has 18 heavy (non-hydrogen) atoms. The van der Waals surface area contributed by atoms with Crippen LogP contribution in [0.4, 0.5) is 5.69 Å². The van der Waals surface area contributed by atoms with Gasteiger partial charge in [0, 0.05) is 24.7 Å². The van der Waals surface area contributed by atoms with E-state index in [-0.39, 0.29) is 0 Å². The highest BCUT2D eigenvalue weighted by Crippen LogP contribution is 2.36. The van der Waals surface area contributed by atoms with Crippen LogP contribution in [0.3, 0.4) is 0 Å². The molecule has 0 saturated heterocycles. The number of nitrogens with two attached hydrogens (primary N) is 1. The number of benzene rings is 1. The molecule has 0 radical (unpaired) electrons. The van der Waals surface area contributed by atoms with Crippen molar-refractivity contribution in [3.8, 4) is 5.75 Å². The van der Waals surface area contributed by atoms with Gasteiger partial charge in [0.15, 0.2) is 0 Å². The maximum absolute atomic E-state index is 6.13. The molecule has 0 spiro atoms. The molecule has 4 heteroatoms. The number of halogens is 1. The normalized spacial score (nSPS) is 22.5. The van der Waals surface area contributed by atoms with E-state index in [2.05, 4.69) is 11.9 Å². The average Bonchev–Trinajstić information content (AvgIpc) is 2.26. The summed E-state index contributed by atoms with van der Waals surface area (Å²) in [6.45, 7) is 3.02. The first-order valence-electron chi connectivity index (χ1n) is 6.32. The van der Waals surface area contributed by atoms with E-state index in [1.165, 1.54) is 0 Å². The van der Waals surface area contributed by atoms with Crippen molar-refractivity contribution in [2.75, 3.05) is 25.6 Å². The lowest BCUT2D eigenvalue weighted by molar-refractivity contribution is 0.270. The Hall–Kier alpha value is -0.930. The molecule has 1 fully saturated rings. The van der Waals surface area contributed by atoms with E-state index >= 15 is 0 Å². The van der Waals surface area contributed by atoms with E-state index in [0.29, 0.717) is 12.0 Å². The van der Waals surface area contributed by atoms with Crippen LogP contribution in [0.25, 0.3) is 0 Å². The zero-order valence-corrected chi connectivity index (χ0v) is 12.0. The van der Waals surface area contributed by atoms with Crippen LogP contribution in [0.2, 0.25) is 5.02 Å². The summed E-state index contributed by atoms with van der Waals surface area (Å²) < 4.78 is 5.48. The number of hydrogen-bond donors (Lipinski definition) is 1. The molecule has 0 aliphatic heterocycles. The van der Waals surface area contributed by atoms with Crippen molar-refractivity contribution in [3.05, 3.63) is 22.7 Å². The van der Waals surface area contributed by atoms with Gasteiger partial charge in [0.1, 0.15) is 5.75 Å². The molecule has 0 amide bonds. The Bertz CT molecular complexity index is 430. The number of rotatable bonds is 4. The van der Waals surface area contributed by atoms with E-state index in [1.54, 1.807) is 7.11 Å². The fraction of sp³-hybridized carbons (Fsp3) is 0.571. The molecule has 2 N–H and O–H groups in total. The smallest absolute Gasteiger partial charge is 0.145 e. The highest BCUT2D eigenvalue weighted by molar-refractivity contribution is 6.31. The Morgan fingerprint density at radius 3 is 2.67 bits per heavy atom. The van der Waals surface area contributed by atoms with E-state index in [0.717, 1.165) is 41.4 Å². The molecule has 3 nitrogen and oxygen atoms in total. The summed E-state index contributed by atoms with van der Waals surface area (Å²) in [5.41, 5.74) is 7.95. The summed E-state index contributed by atoms with van der Waals surface area (Å²) in [4.78, 5) is 2.22. The molecule has 1 saturated carbocycles. The second-order valence-corrected chi connectivity index (χ2v) is 5.69. The SMILES string of the molecule is COc1c(C)cc(Cl)cc1N(C)CC1CC(N)C1. The predicted molar refractivity (Wildman–Crippen MR) is 76.7 cm³/mol. The molecule has 2 rings (SSSR count). The minimum atomic E-state index is 0.395. The third kappa shape index (κ3) is 2.73. The van der Waals surface area contributed by atoms with Gasteiger partial charge in [-0.2, -0.15) is 0 Å². The van der Waals surface area contributed by atoms with Gasteiger partial charge >= 0.3 is 0 Å². The van der Waals surface area contributed by atoms with Gasteiger partial charge in [-0.1, -0.05) is 11.6 Å². The standard InChI is InChI=1S/C14H21ClN2O/c1-9-4-11(15)7-13(14(9)18-3)17(2)8-10-5-12(16)6-10/h4,7,10,12H,5-6,8,16H2,1-3H3. The molecule has 0 unspecified atom stereocenters. The number of nitrogens with zero attached hydrogens (tertiary/aromatic N) is 1.